The molecule has 0 radical (unpaired) electrons. The van der Waals surface area contributed by atoms with Gasteiger partial charge in [-0.15, -0.1) is 0 Å². The smallest absolute Gasteiger partial charge is 0.0207 e. The third kappa shape index (κ3) is 3.81. The summed E-state index contributed by atoms with van der Waals surface area (Å²) in [4.78, 5) is 2.50. The summed E-state index contributed by atoms with van der Waals surface area (Å²) < 4.78 is 1.20. The van der Waals surface area contributed by atoms with Crippen molar-refractivity contribution in [3.63, 3.8) is 0 Å². The van der Waals surface area contributed by atoms with Crippen LogP contribution < -0.4 is 5.32 Å². The van der Waals surface area contributed by atoms with Crippen molar-refractivity contribution in [2.75, 3.05) is 13.6 Å². The van der Waals surface area contributed by atoms with E-state index in [-0.39, 0.29) is 0 Å². The fraction of sp³-hybridized carbons (Fsp3) is 0.600. The Morgan fingerprint density at radius 1 is 1.44 bits per heavy atom. The topological polar surface area (TPSA) is 15.3 Å². The standard InChI is InChI=1S/C15H23BrN2/c1-11-4-5-13(8-15(11)16)10-17-9-12(2)18(3)14-6-7-14/h4-5,8,12,14,17H,6-7,9-10H2,1-3H3. The van der Waals surface area contributed by atoms with E-state index in [0.29, 0.717) is 6.04 Å². The van der Waals surface area contributed by atoms with Crippen molar-refractivity contribution in [2.24, 2.45) is 0 Å². The van der Waals surface area contributed by atoms with Gasteiger partial charge in [-0.05, 0) is 50.9 Å². The van der Waals surface area contributed by atoms with Gasteiger partial charge in [0.05, 0.1) is 0 Å². The molecule has 1 aliphatic carbocycles. The summed E-state index contributed by atoms with van der Waals surface area (Å²) in [6, 6.07) is 8.03. The summed E-state index contributed by atoms with van der Waals surface area (Å²) in [6.45, 7) is 6.42. The van der Waals surface area contributed by atoms with Gasteiger partial charge in [0.25, 0.3) is 0 Å². The van der Waals surface area contributed by atoms with Crippen molar-refractivity contribution in [3.8, 4) is 0 Å². The molecule has 1 aliphatic rings. The number of nitrogens with zero attached hydrogens (tertiary/aromatic N) is 1. The average Bonchev–Trinajstić information content (AvgIpc) is 3.16. The maximum Gasteiger partial charge on any atom is 0.0207 e. The van der Waals surface area contributed by atoms with Gasteiger partial charge in [-0.25, -0.2) is 0 Å². The molecule has 0 saturated heterocycles. The first-order valence-electron chi connectivity index (χ1n) is 6.75. The molecule has 1 aromatic carbocycles. The molecule has 0 spiro atoms. The lowest BCUT2D eigenvalue weighted by atomic mass is 10.1. The van der Waals surface area contributed by atoms with Crippen LogP contribution in [0.5, 0.6) is 0 Å². The van der Waals surface area contributed by atoms with Crippen LogP contribution in [-0.2, 0) is 6.54 Å². The maximum atomic E-state index is 3.58. The van der Waals surface area contributed by atoms with Gasteiger partial charge in [0.2, 0.25) is 0 Å². The zero-order valence-electron chi connectivity index (χ0n) is 11.5. The fourth-order valence-corrected chi connectivity index (χ4v) is 2.58. The molecule has 1 fully saturated rings. The number of benzene rings is 1. The van der Waals surface area contributed by atoms with Crippen LogP contribution in [0.15, 0.2) is 22.7 Å². The van der Waals surface area contributed by atoms with Gasteiger partial charge in [0, 0.05) is 29.6 Å². The number of halogens is 1. The Bertz CT molecular complexity index is 401. The van der Waals surface area contributed by atoms with Crippen molar-refractivity contribution >= 4 is 15.9 Å². The zero-order chi connectivity index (χ0) is 13.1. The first kappa shape index (κ1) is 14.0. The van der Waals surface area contributed by atoms with E-state index in [0.717, 1.165) is 19.1 Å². The largest absolute Gasteiger partial charge is 0.311 e. The van der Waals surface area contributed by atoms with Gasteiger partial charge >= 0.3 is 0 Å². The number of hydrogen-bond acceptors (Lipinski definition) is 2. The van der Waals surface area contributed by atoms with E-state index in [4.69, 9.17) is 0 Å². The van der Waals surface area contributed by atoms with E-state index in [2.05, 4.69) is 65.2 Å². The first-order chi connectivity index (χ1) is 8.58. The average molecular weight is 311 g/mol. The predicted octanol–water partition coefficient (Wildman–Crippen LogP) is 3.33. The number of likely N-dealkylation sites (N-methyl/N-ethyl adjacent to an activating group) is 1. The van der Waals surface area contributed by atoms with Crippen molar-refractivity contribution in [1.29, 1.82) is 0 Å². The molecule has 18 heavy (non-hydrogen) atoms. The van der Waals surface area contributed by atoms with E-state index in [1.54, 1.807) is 0 Å². The summed E-state index contributed by atoms with van der Waals surface area (Å²) in [6.07, 6.45) is 2.76. The van der Waals surface area contributed by atoms with Crippen LogP contribution in [0.25, 0.3) is 0 Å². The molecular formula is C15H23BrN2. The van der Waals surface area contributed by atoms with Gasteiger partial charge < -0.3 is 5.32 Å². The molecule has 1 unspecified atom stereocenters. The summed E-state index contributed by atoms with van der Waals surface area (Å²) in [5.74, 6) is 0. The summed E-state index contributed by atoms with van der Waals surface area (Å²) in [5.41, 5.74) is 2.63. The SMILES string of the molecule is Cc1ccc(CNCC(C)N(C)C2CC2)cc1Br. The number of aryl methyl sites for hydroxylation is 1. The molecule has 0 amide bonds. The summed E-state index contributed by atoms with van der Waals surface area (Å²) >= 11 is 3.58. The predicted molar refractivity (Wildman–Crippen MR) is 80.8 cm³/mol. The Morgan fingerprint density at radius 3 is 2.78 bits per heavy atom. The molecule has 1 N–H and O–H groups in total. The Labute approximate surface area is 119 Å². The second-order valence-corrected chi connectivity index (χ2v) is 6.31. The van der Waals surface area contributed by atoms with E-state index in [1.165, 1.54) is 28.4 Å². The van der Waals surface area contributed by atoms with Gasteiger partial charge in [-0.3, -0.25) is 4.90 Å². The molecule has 3 heteroatoms. The number of rotatable bonds is 6. The van der Waals surface area contributed by atoms with Gasteiger partial charge in [0.1, 0.15) is 0 Å². The van der Waals surface area contributed by atoms with Crippen LogP contribution in [0.1, 0.15) is 30.9 Å². The summed E-state index contributed by atoms with van der Waals surface area (Å²) in [7, 11) is 2.24. The second kappa shape index (κ2) is 6.18. The molecule has 1 saturated carbocycles. The molecular weight excluding hydrogens is 288 g/mol. The van der Waals surface area contributed by atoms with Gasteiger partial charge in [-0.1, -0.05) is 28.1 Å². The maximum absolute atomic E-state index is 3.58. The highest BCUT2D eigenvalue weighted by Crippen LogP contribution is 2.26. The lowest BCUT2D eigenvalue weighted by Crippen LogP contribution is -2.38. The van der Waals surface area contributed by atoms with Gasteiger partial charge in [-0.2, -0.15) is 0 Å². The monoisotopic (exact) mass is 310 g/mol. The molecule has 0 bridgehead atoms. The third-order valence-corrected chi connectivity index (χ3v) is 4.68. The number of nitrogens with one attached hydrogen (secondary N) is 1. The summed E-state index contributed by atoms with van der Waals surface area (Å²) in [5, 5.41) is 3.55. The number of hydrogen-bond donors (Lipinski definition) is 1. The molecule has 0 aliphatic heterocycles. The lowest BCUT2D eigenvalue weighted by molar-refractivity contribution is 0.241. The third-order valence-electron chi connectivity index (χ3n) is 3.82. The second-order valence-electron chi connectivity index (χ2n) is 5.46. The minimum Gasteiger partial charge on any atom is -0.311 e. The quantitative estimate of drug-likeness (QED) is 0.867. The van der Waals surface area contributed by atoms with E-state index in [1.807, 2.05) is 0 Å². The highest BCUT2D eigenvalue weighted by Gasteiger charge is 2.28. The van der Waals surface area contributed by atoms with Gasteiger partial charge in [0.15, 0.2) is 0 Å². The lowest BCUT2D eigenvalue weighted by Gasteiger charge is -2.24. The minimum absolute atomic E-state index is 0.617. The van der Waals surface area contributed by atoms with E-state index in [9.17, 15) is 0 Å². The molecule has 1 aromatic rings. The zero-order valence-corrected chi connectivity index (χ0v) is 13.1. The van der Waals surface area contributed by atoms with Crippen molar-refractivity contribution in [3.05, 3.63) is 33.8 Å². The normalized spacial score (nSPS) is 17.2. The Morgan fingerprint density at radius 2 is 2.17 bits per heavy atom. The van der Waals surface area contributed by atoms with Crippen molar-refractivity contribution in [2.45, 2.75) is 45.3 Å². The van der Waals surface area contributed by atoms with E-state index >= 15 is 0 Å². The Balaban J connectivity index is 1.75. The molecule has 0 heterocycles. The highest BCUT2D eigenvalue weighted by molar-refractivity contribution is 9.10. The van der Waals surface area contributed by atoms with Crippen molar-refractivity contribution < 1.29 is 0 Å². The highest BCUT2D eigenvalue weighted by atomic mass is 79.9. The Kier molecular flexibility index (Phi) is 4.82. The Hall–Kier alpha value is -0.380. The van der Waals surface area contributed by atoms with Crippen LogP contribution in [-0.4, -0.2) is 30.6 Å². The minimum atomic E-state index is 0.617. The van der Waals surface area contributed by atoms with Crippen LogP contribution in [0.3, 0.4) is 0 Å². The molecule has 2 rings (SSSR count). The van der Waals surface area contributed by atoms with Crippen LogP contribution >= 0.6 is 15.9 Å². The van der Waals surface area contributed by atoms with Crippen LogP contribution in [0, 0.1) is 6.92 Å². The molecule has 1 atom stereocenters. The first-order valence-corrected chi connectivity index (χ1v) is 7.55. The molecule has 100 valence electrons. The van der Waals surface area contributed by atoms with Crippen LogP contribution in [0.4, 0.5) is 0 Å². The van der Waals surface area contributed by atoms with E-state index < -0.39 is 0 Å². The molecule has 2 nitrogen and oxygen atoms in total. The molecule has 0 aromatic heterocycles. The van der Waals surface area contributed by atoms with Crippen molar-refractivity contribution in [1.82, 2.24) is 10.2 Å². The fourth-order valence-electron chi connectivity index (χ4n) is 2.16. The van der Waals surface area contributed by atoms with Crippen LogP contribution in [0.2, 0.25) is 0 Å².